The molecule has 0 bridgehead atoms. The van der Waals surface area contributed by atoms with Gasteiger partial charge in [-0.15, -0.1) is 0 Å². The molecule has 3 N–H and O–H groups in total. The third kappa shape index (κ3) is 1.64. The number of aromatic nitrogens is 2. The number of H-pyrrole nitrogens is 1. The molecule has 6 heteroatoms. The zero-order chi connectivity index (χ0) is 8.43. The molecular formula is C5H6Cl2N4. The maximum atomic E-state index is 7.08. The van der Waals surface area contributed by atoms with Crippen molar-refractivity contribution >= 4 is 34.2 Å². The molecule has 60 valence electrons. The minimum absolute atomic E-state index is 0.141. The molecule has 0 amide bonds. The highest BCUT2D eigenvalue weighted by Gasteiger charge is 2.09. The molecule has 1 aromatic heterocycles. The number of hydrogen-bond donors (Lipinski definition) is 3. The second-order valence-electron chi connectivity index (χ2n) is 1.82. The molecule has 0 atom stereocenters. The number of aromatic amines is 1. The van der Waals surface area contributed by atoms with Crippen LogP contribution in [0.25, 0.3) is 0 Å². The fourth-order valence-electron chi connectivity index (χ4n) is 0.684. The lowest BCUT2D eigenvalue weighted by Gasteiger charge is -1.95. The number of nitrogens with zero attached hydrogens (tertiary/aromatic N) is 1. The number of anilines is 1. The van der Waals surface area contributed by atoms with Gasteiger partial charge in [-0.25, -0.2) is 4.98 Å². The van der Waals surface area contributed by atoms with E-state index in [2.05, 4.69) is 15.3 Å². The van der Waals surface area contributed by atoms with Gasteiger partial charge >= 0.3 is 0 Å². The molecular weight excluding hydrogens is 187 g/mol. The van der Waals surface area contributed by atoms with Crippen LogP contribution in [-0.4, -0.2) is 22.2 Å². The summed E-state index contributed by atoms with van der Waals surface area (Å²) in [6.45, 7) is 0. The Balaban J connectivity index is 3.12. The van der Waals surface area contributed by atoms with Crippen molar-refractivity contribution in [3.05, 3.63) is 11.0 Å². The predicted molar refractivity (Wildman–Crippen MR) is 45.8 cm³/mol. The van der Waals surface area contributed by atoms with E-state index < -0.39 is 0 Å². The van der Waals surface area contributed by atoms with Crippen LogP contribution in [0.4, 0.5) is 5.82 Å². The first-order chi connectivity index (χ1) is 5.15. The fraction of sp³-hybridized carbons (Fsp3) is 0.200. The van der Waals surface area contributed by atoms with Crippen LogP contribution in [0.5, 0.6) is 0 Å². The van der Waals surface area contributed by atoms with Gasteiger partial charge in [0.25, 0.3) is 0 Å². The lowest BCUT2D eigenvalue weighted by atomic mass is 10.5. The maximum absolute atomic E-state index is 7.08. The Bertz CT molecular complexity index is 280. The Hall–Kier alpha value is -0.740. The largest absolute Gasteiger partial charge is 0.373 e. The molecule has 0 aliphatic rings. The van der Waals surface area contributed by atoms with Gasteiger partial charge in [0.2, 0.25) is 5.28 Å². The Morgan fingerprint density at radius 3 is 2.73 bits per heavy atom. The highest BCUT2D eigenvalue weighted by Crippen LogP contribution is 2.16. The summed E-state index contributed by atoms with van der Waals surface area (Å²) in [6, 6.07) is 0. The van der Waals surface area contributed by atoms with E-state index in [9.17, 15) is 0 Å². The standard InChI is InChI=1S/C5H6Cl2N4/c1-9-4-2(3(6)8)10-5(7)11-4/h8-9H,1H3,(H,10,11). The zero-order valence-corrected chi connectivity index (χ0v) is 7.22. The van der Waals surface area contributed by atoms with E-state index in [1.54, 1.807) is 7.05 Å². The molecule has 0 saturated carbocycles. The third-order valence-corrected chi connectivity index (χ3v) is 1.49. The van der Waals surface area contributed by atoms with Crippen molar-refractivity contribution in [2.45, 2.75) is 0 Å². The maximum Gasteiger partial charge on any atom is 0.202 e. The van der Waals surface area contributed by atoms with Crippen molar-refractivity contribution in [2.75, 3.05) is 12.4 Å². The number of nitrogens with one attached hydrogen (secondary N) is 3. The molecule has 4 nitrogen and oxygen atoms in total. The molecule has 0 fully saturated rings. The van der Waals surface area contributed by atoms with Gasteiger partial charge in [0.05, 0.1) is 0 Å². The summed E-state index contributed by atoms with van der Waals surface area (Å²) in [4.78, 5) is 6.47. The molecule has 0 aromatic carbocycles. The first-order valence-corrected chi connectivity index (χ1v) is 3.58. The van der Waals surface area contributed by atoms with Gasteiger partial charge in [-0.1, -0.05) is 11.6 Å². The molecule has 1 aromatic rings. The van der Waals surface area contributed by atoms with Crippen LogP contribution >= 0.6 is 23.2 Å². The van der Waals surface area contributed by atoms with Crippen molar-refractivity contribution in [1.82, 2.24) is 9.97 Å². The summed E-state index contributed by atoms with van der Waals surface area (Å²) < 4.78 is 0. The molecule has 0 aliphatic heterocycles. The first kappa shape index (κ1) is 8.36. The summed E-state index contributed by atoms with van der Waals surface area (Å²) in [6.07, 6.45) is 0. The SMILES string of the molecule is CNc1[nH]c(Cl)nc1C(=N)Cl. The van der Waals surface area contributed by atoms with E-state index in [1.807, 2.05) is 0 Å². The normalized spacial score (nSPS) is 9.73. The average molecular weight is 193 g/mol. The van der Waals surface area contributed by atoms with Gasteiger partial charge in [-0.05, 0) is 11.6 Å². The lowest BCUT2D eigenvalue weighted by Crippen LogP contribution is -1.96. The van der Waals surface area contributed by atoms with Gasteiger partial charge < -0.3 is 10.3 Å². The second kappa shape index (κ2) is 3.11. The van der Waals surface area contributed by atoms with E-state index in [-0.39, 0.29) is 10.5 Å². The van der Waals surface area contributed by atoms with Gasteiger partial charge in [-0.3, -0.25) is 5.41 Å². The number of halogens is 2. The Morgan fingerprint density at radius 2 is 2.36 bits per heavy atom. The molecule has 0 spiro atoms. The van der Waals surface area contributed by atoms with Crippen LogP contribution in [0.3, 0.4) is 0 Å². The molecule has 0 unspecified atom stereocenters. The van der Waals surface area contributed by atoms with Crippen molar-refractivity contribution in [2.24, 2.45) is 0 Å². The average Bonchev–Trinajstić information content (AvgIpc) is 2.30. The van der Waals surface area contributed by atoms with E-state index in [1.165, 1.54) is 0 Å². The van der Waals surface area contributed by atoms with Gasteiger partial charge in [0, 0.05) is 7.05 Å². The highest BCUT2D eigenvalue weighted by atomic mass is 35.5. The minimum atomic E-state index is -0.141. The molecule has 1 rings (SSSR count). The first-order valence-electron chi connectivity index (χ1n) is 2.83. The molecule has 0 aliphatic carbocycles. The summed E-state index contributed by atoms with van der Waals surface area (Å²) in [7, 11) is 1.69. The van der Waals surface area contributed by atoms with Crippen LogP contribution in [0.15, 0.2) is 0 Å². The predicted octanol–water partition coefficient (Wildman–Crippen LogP) is 1.67. The monoisotopic (exact) mass is 192 g/mol. The Labute approximate surface area is 73.4 Å². The van der Waals surface area contributed by atoms with E-state index in [0.717, 1.165) is 0 Å². The Kier molecular flexibility index (Phi) is 2.36. The van der Waals surface area contributed by atoms with Crippen molar-refractivity contribution < 1.29 is 0 Å². The highest BCUT2D eigenvalue weighted by molar-refractivity contribution is 6.68. The summed E-state index contributed by atoms with van der Waals surface area (Å²) in [5.74, 6) is 0.551. The fourth-order valence-corrected chi connectivity index (χ4v) is 1.000. The number of rotatable bonds is 2. The van der Waals surface area contributed by atoms with Crippen LogP contribution in [0.2, 0.25) is 5.28 Å². The smallest absolute Gasteiger partial charge is 0.202 e. The van der Waals surface area contributed by atoms with E-state index in [0.29, 0.717) is 11.5 Å². The second-order valence-corrected chi connectivity index (χ2v) is 2.55. The molecule has 0 radical (unpaired) electrons. The molecule has 11 heavy (non-hydrogen) atoms. The Morgan fingerprint density at radius 1 is 1.73 bits per heavy atom. The lowest BCUT2D eigenvalue weighted by molar-refractivity contribution is 1.30. The molecule has 1 heterocycles. The van der Waals surface area contributed by atoms with Gasteiger partial charge in [-0.2, -0.15) is 0 Å². The quantitative estimate of drug-likeness (QED) is 0.625. The van der Waals surface area contributed by atoms with Crippen LogP contribution in [0.1, 0.15) is 5.69 Å². The van der Waals surface area contributed by atoms with Crippen molar-refractivity contribution in [3.63, 3.8) is 0 Å². The summed E-state index contributed by atoms with van der Waals surface area (Å²) in [5.41, 5.74) is 0.333. The van der Waals surface area contributed by atoms with Gasteiger partial charge in [0.1, 0.15) is 11.5 Å². The zero-order valence-electron chi connectivity index (χ0n) is 5.70. The van der Waals surface area contributed by atoms with Crippen LogP contribution in [0, 0.1) is 5.41 Å². The van der Waals surface area contributed by atoms with E-state index in [4.69, 9.17) is 28.6 Å². The summed E-state index contributed by atoms with van der Waals surface area (Å²) >= 11 is 10.9. The van der Waals surface area contributed by atoms with Crippen LogP contribution in [-0.2, 0) is 0 Å². The van der Waals surface area contributed by atoms with E-state index >= 15 is 0 Å². The number of hydrogen-bond acceptors (Lipinski definition) is 3. The third-order valence-electron chi connectivity index (χ3n) is 1.13. The van der Waals surface area contributed by atoms with Gasteiger partial charge in [0.15, 0.2) is 5.17 Å². The topological polar surface area (TPSA) is 64.6 Å². The van der Waals surface area contributed by atoms with Crippen molar-refractivity contribution in [3.8, 4) is 0 Å². The van der Waals surface area contributed by atoms with Crippen LogP contribution < -0.4 is 5.32 Å². The minimum Gasteiger partial charge on any atom is -0.373 e. The molecule has 0 saturated heterocycles. The number of imidazole rings is 1. The van der Waals surface area contributed by atoms with Crippen molar-refractivity contribution in [1.29, 1.82) is 5.41 Å². The summed E-state index contributed by atoms with van der Waals surface area (Å²) in [5, 5.41) is 9.92.